The molecule has 0 radical (unpaired) electrons. The van der Waals surface area contributed by atoms with Crippen molar-refractivity contribution in [1.82, 2.24) is 0 Å². The van der Waals surface area contributed by atoms with Gasteiger partial charge in [-0.25, -0.2) is 0 Å². The van der Waals surface area contributed by atoms with Crippen molar-refractivity contribution in [2.75, 3.05) is 12.4 Å². The lowest BCUT2D eigenvalue weighted by Gasteiger charge is -2.09. The molecule has 2 aromatic rings. The Morgan fingerprint density at radius 3 is 2.52 bits per heavy atom. The van der Waals surface area contributed by atoms with E-state index in [9.17, 15) is 10.1 Å². The number of hydrogen-bond donors (Lipinski definition) is 1. The zero-order valence-corrected chi connectivity index (χ0v) is 11.7. The quantitative estimate of drug-likeness (QED) is 0.684. The largest absolute Gasteiger partial charge is 0.495 e. The highest BCUT2D eigenvalue weighted by Crippen LogP contribution is 2.30. The van der Waals surface area contributed by atoms with E-state index in [4.69, 9.17) is 21.6 Å². The first-order chi connectivity index (χ1) is 10.0. The van der Waals surface area contributed by atoms with Crippen molar-refractivity contribution in [3.8, 4) is 11.8 Å². The molecule has 6 nitrogen and oxygen atoms in total. The summed E-state index contributed by atoms with van der Waals surface area (Å²) in [7, 11) is 1.52. The lowest BCUT2D eigenvalue weighted by molar-refractivity contribution is -0.385. The van der Waals surface area contributed by atoms with Crippen LogP contribution in [0, 0.1) is 21.4 Å². The molecule has 0 bridgehead atoms. The second kappa shape index (κ2) is 6.11. The van der Waals surface area contributed by atoms with Gasteiger partial charge >= 0.3 is 0 Å². The molecular weight excluding hydrogens is 294 g/mol. The van der Waals surface area contributed by atoms with E-state index in [1.807, 2.05) is 0 Å². The normalized spacial score (nSPS) is 9.76. The minimum absolute atomic E-state index is 0.00962. The van der Waals surface area contributed by atoms with Gasteiger partial charge in [-0.3, -0.25) is 10.1 Å². The number of nitrogens with one attached hydrogen (secondary N) is 1. The lowest BCUT2D eigenvalue weighted by Crippen LogP contribution is -1.96. The zero-order valence-electron chi connectivity index (χ0n) is 11.0. The fourth-order valence-electron chi connectivity index (χ4n) is 1.77. The summed E-state index contributed by atoms with van der Waals surface area (Å²) in [5.41, 5.74) is 0.998. The summed E-state index contributed by atoms with van der Waals surface area (Å²) in [6.07, 6.45) is 0. The highest BCUT2D eigenvalue weighted by atomic mass is 35.5. The molecule has 21 heavy (non-hydrogen) atoms. The molecule has 0 fully saturated rings. The third kappa shape index (κ3) is 3.22. The van der Waals surface area contributed by atoms with Crippen LogP contribution in [0.3, 0.4) is 0 Å². The molecule has 0 aromatic heterocycles. The topological polar surface area (TPSA) is 88.2 Å². The highest BCUT2D eigenvalue weighted by Gasteiger charge is 2.13. The molecule has 0 unspecified atom stereocenters. The van der Waals surface area contributed by atoms with Crippen LogP contribution >= 0.6 is 11.6 Å². The minimum Gasteiger partial charge on any atom is -0.495 e. The van der Waals surface area contributed by atoms with E-state index in [1.165, 1.54) is 25.3 Å². The number of anilines is 2. The maximum absolute atomic E-state index is 10.8. The van der Waals surface area contributed by atoms with Gasteiger partial charge in [0.2, 0.25) is 0 Å². The molecule has 0 aliphatic carbocycles. The number of nitriles is 1. The number of rotatable bonds is 4. The first-order valence-corrected chi connectivity index (χ1v) is 6.22. The zero-order chi connectivity index (χ0) is 15.4. The van der Waals surface area contributed by atoms with Crippen molar-refractivity contribution in [1.29, 1.82) is 5.26 Å². The summed E-state index contributed by atoms with van der Waals surface area (Å²) in [6, 6.07) is 11.1. The van der Waals surface area contributed by atoms with Gasteiger partial charge in [-0.2, -0.15) is 5.26 Å². The van der Waals surface area contributed by atoms with Gasteiger partial charge in [-0.15, -0.1) is 0 Å². The Hall–Kier alpha value is -2.78. The van der Waals surface area contributed by atoms with Crippen LogP contribution < -0.4 is 10.1 Å². The van der Waals surface area contributed by atoms with E-state index >= 15 is 0 Å². The molecule has 0 saturated carbocycles. The second-order valence-corrected chi connectivity index (χ2v) is 4.48. The van der Waals surface area contributed by atoms with Crippen LogP contribution in [0.15, 0.2) is 36.4 Å². The fourth-order valence-corrected chi connectivity index (χ4v) is 2.03. The lowest BCUT2D eigenvalue weighted by atomic mass is 10.1. The molecule has 1 N–H and O–H groups in total. The summed E-state index contributed by atoms with van der Waals surface area (Å²) < 4.78 is 5.05. The van der Waals surface area contributed by atoms with E-state index < -0.39 is 4.92 Å². The van der Waals surface area contributed by atoms with E-state index in [1.54, 1.807) is 24.3 Å². The Bertz CT molecular complexity index is 741. The molecule has 7 heteroatoms. The molecule has 0 aliphatic heterocycles. The molecule has 2 aromatic carbocycles. The molecule has 2 rings (SSSR count). The van der Waals surface area contributed by atoms with Gasteiger partial charge in [-0.1, -0.05) is 11.6 Å². The Balaban J connectivity index is 2.30. The van der Waals surface area contributed by atoms with E-state index in [2.05, 4.69) is 5.32 Å². The molecule has 0 amide bonds. The number of hydrogen-bond acceptors (Lipinski definition) is 5. The molecule has 106 valence electrons. The summed E-state index contributed by atoms with van der Waals surface area (Å²) >= 11 is 6.01. The van der Waals surface area contributed by atoms with E-state index in [0.29, 0.717) is 22.1 Å². The van der Waals surface area contributed by atoms with Gasteiger partial charge in [0.1, 0.15) is 17.4 Å². The molecular formula is C14H10ClN3O3. The predicted octanol–water partition coefficient (Wildman–Crippen LogP) is 3.87. The average molecular weight is 304 g/mol. The van der Waals surface area contributed by atoms with Crippen molar-refractivity contribution in [2.24, 2.45) is 0 Å². The van der Waals surface area contributed by atoms with Crippen LogP contribution in [0.2, 0.25) is 5.02 Å². The number of methoxy groups -OCH3 is 1. The third-order valence-electron chi connectivity index (χ3n) is 2.75. The van der Waals surface area contributed by atoms with Crippen molar-refractivity contribution in [3.63, 3.8) is 0 Å². The molecule has 0 heterocycles. The maximum Gasteiger partial charge on any atom is 0.287 e. The van der Waals surface area contributed by atoms with E-state index in [-0.39, 0.29) is 11.3 Å². The van der Waals surface area contributed by atoms with Gasteiger partial charge < -0.3 is 10.1 Å². The minimum atomic E-state index is -0.591. The molecule has 0 aliphatic rings. The fraction of sp³-hybridized carbons (Fsp3) is 0.0714. The van der Waals surface area contributed by atoms with Crippen molar-refractivity contribution < 1.29 is 9.66 Å². The molecule has 0 atom stereocenters. The Labute approximate surface area is 125 Å². The number of nitrogens with zero attached hydrogens (tertiary/aromatic N) is 2. The van der Waals surface area contributed by atoms with Crippen LogP contribution in [0.4, 0.5) is 17.1 Å². The van der Waals surface area contributed by atoms with Crippen LogP contribution in [0.1, 0.15) is 5.56 Å². The SMILES string of the molecule is COc1ccc(Nc2ccc([N+](=O)[O-])c(C#N)c2)cc1Cl. The summed E-state index contributed by atoms with van der Waals surface area (Å²) in [5.74, 6) is 0.545. The number of ether oxygens (including phenoxy) is 1. The van der Waals surface area contributed by atoms with Gasteiger partial charge in [0.25, 0.3) is 5.69 Å². The van der Waals surface area contributed by atoms with Crippen LogP contribution in [0.5, 0.6) is 5.75 Å². The number of nitro groups is 1. The molecule has 0 saturated heterocycles. The second-order valence-electron chi connectivity index (χ2n) is 4.08. The van der Waals surface area contributed by atoms with Gasteiger partial charge in [-0.05, 0) is 30.3 Å². The summed E-state index contributed by atoms with van der Waals surface area (Å²) in [4.78, 5) is 10.2. The van der Waals surface area contributed by atoms with Crippen molar-refractivity contribution >= 4 is 28.7 Å². The Kier molecular flexibility index (Phi) is 4.26. The number of halogens is 1. The van der Waals surface area contributed by atoms with Gasteiger partial charge in [0.05, 0.1) is 17.1 Å². The third-order valence-corrected chi connectivity index (χ3v) is 3.05. The van der Waals surface area contributed by atoms with Crippen LogP contribution in [-0.4, -0.2) is 12.0 Å². The summed E-state index contributed by atoms with van der Waals surface area (Å²) in [6.45, 7) is 0. The average Bonchev–Trinajstić information content (AvgIpc) is 2.47. The first kappa shape index (κ1) is 14.6. The van der Waals surface area contributed by atoms with Gasteiger partial charge in [0, 0.05) is 17.4 Å². The number of benzene rings is 2. The van der Waals surface area contributed by atoms with Gasteiger partial charge in [0.15, 0.2) is 0 Å². The van der Waals surface area contributed by atoms with Crippen LogP contribution in [0.25, 0.3) is 0 Å². The first-order valence-electron chi connectivity index (χ1n) is 5.84. The summed E-state index contributed by atoms with van der Waals surface area (Å²) in [5, 5.41) is 23.2. The molecule has 0 spiro atoms. The Morgan fingerprint density at radius 1 is 1.29 bits per heavy atom. The van der Waals surface area contributed by atoms with Crippen molar-refractivity contribution in [3.05, 3.63) is 57.1 Å². The van der Waals surface area contributed by atoms with E-state index in [0.717, 1.165) is 0 Å². The standard InChI is InChI=1S/C14H10ClN3O3/c1-21-14-5-3-11(7-12(14)15)17-10-2-4-13(18(19)20)9(6-10)8-16/h2-7,17H,1H3. The number of nitro benzene ring substituents is 1. The smallest absolute Gasteiger partial charge is 0.287 e. The Morgan fingerprint density at radius 2 is 1.95 bits per heavy atom. The monoisotopic (exact) mass is 303 g/mol. The van der Waals surface area contributed by atoms with Crippen LogP contribution in [-0.2, 0) is 0 Å². The maximum atomic E-state index is 10.8. The predicted molar refractivity (Wildman–Crippen MR) is 79.1 cm³/mol. The van der Waals surface area contributed by atoms with Crippen molar-refractivity contribution in [2.45, 2.75) is 0 Å². The highest BCUT2D eigenvalue weighted by molar-refractivity contribution is 6.32.